The molecule has 0 aliphatic rings. The molecule has 0 rings (SSSR count). The third-order valence-corrected chi connectivity index (χ3v) is 4.53. The molecule has 0 saturated carbocycles. The van der Waals surface area contributed by atoms with E-state index in [1.807, 2.05) is 13.0 Å². The number of rotatable bonds is 6. The SMILES string of the molecule is CC(=CCCCl)CCS(=O)(=O)C(C)C. The maximum atomic E-state index is 11.5. The van der Waals surface area contributed by atoms with Gasteiger partial charge in [0.25, 0.3) is 0 Å². The number of allylic oxidation sites excluding steroid dienone is 2. The van der Waals surface area contributed by atoms with Crippen LogP contribution in [0.5, 0.6) is 0 Å². The largest absolute Gasteiger partial charge is 0.229 e. The van der Waals surface area contributed by atoms with E-state index in [1.54, 1.807) is 13.8 Å². The Labute approximate surface area is 92.3 Å². The summed E-state index contributed by atoms with van der Waals surface area (Å²) in [6, 6.07) is 0. The van der Waals surface area contributed by atoms with Gasteiger partial charge >= 0.3 is 0 Å². The number of hydrogen-bond donors (Lipinski definition) is 0. The van der Waals surface area contributed by atoms with Crippen LogP contribution in [-0.4, -0.2) is 25.3 Å². The molecule has 4 heteroatoms. The molecule has 0 bridgehead atoms. The van der Waals surface area contributed by atoms with E-state index in [1.165, 1.54) is 0 Å². The first-order valence-corrected chi connectivity index (χ1v) is 7.08. The van der Waals surface area contributed by atoms with E-state index in [9.17, 15) is 8.42 Å². The molecule has 0 unspecified atom stereocenters. The van der Waals surface area contributed by atoms with E-state index in [-0.39, 0.29) is 11.0 Å². The number of alkyl halides is 1. The van der Waals surface area contributed by atoms with Gasteiger partial charge in [-0.3, -0.25) is 0 Å². The molecule has 0 N–H and O–H groups in total. The van der Waals surface area contributed by atoms with Gasteiger partial charge in [-0.25, -0.2) is 8.42 Å². The highest BCUT2D eigenvalue weighted by Gasteiger charge is 2.15. The van der Waals surface area contributed by atoms with Crippen molar-refractivity contribution in [2.24, 2.45) is 0 Å². The van der Waals surface area contributed by atoms with Crippen molar-refractivity contribution in [2.45, 2.75) is 38.9 Å². The fourth-order valence-electron chi connectivity index (χ4n) is 0.942. The quantitative estimate of drug-likeness (QED) is 0.527. The van der Waals surface area contributed by atoms with Gasteiger partial charge < -0.3 is 0 Å². The number of hydrogen-bond acceptors (Lipinski definition) is 2. The molecule has 0 aliphatic heterocycles. The normalized spacial score (nSPS) is 13.6. The molecule has 0 radical (unpaired) electrons. The van der Waals surface area contributed by atoms with Crippen LogP contribution in [0.2, 0.25) is 0 Å². The Bertz CT molecular complexity index is 278. The lowest BCUT2D eigenvalue weighted by Gasteiger charge is -2.07. The Morgan fingerprint density at radius 3 is 2.43 bits per heavy atom. The minimum atomic E-state index is -2.89. The van der Waals surface area contributed by atoms with Crippen molar-refractivity contribution in [2.75, 3.05) is 11.6 Å². The van der Waals surface area contributed by atoms with E-state index in [2.05, 4.69) is 0 Å². The molecule has 0 heterocycles. The highest BCUT2D eigenvalue weighted by Crippen LogP contribution is 2.08. The van der Waals surface area contributed by atoms with Crippen molar-refractivity contribution < 1.29 is 8.42 Å². The highest BCUT2D eigenvalue weighted by molar-refractivity contribution is 7.91. The van der Waals surface area contributed by atoms with Crippen molar-refractivity contribution in [1.29, 1.82) is 0 Å². The van der Waals surface area contributed by atoms with Crippen LogP contribution in [0.25, 0.3) is 0 Å². The predicted molar refractivity (Wildman–Crippen MR) is 62.6 cm³/mol. The summed E-state index contributed by atoms with van der Waals surface area (Å²) in [6.45, 7) is 5.38. The van der Waals surface area contributed by atoms with Gasteiger partial charge in [-0.15, -0.1) is 11.6 Å². The van der Waals surface area contributed by atoms with E-state index >= 15 is 0 Å². The highest BCUT2D eigenvalue weighted by atomic mass is 35.5. The zero-order valence-electron chi connectivity index (χ0n) is 9.09. The standard InChI is InChI=1S/C10H19ClO2S/c1-9(2)14(12,13)8-6-10(3)5-4-7-11/h5,9H,4,6-8H2,1-3H3. The summed E-state index contributed by atoms with van der Waals surface area (Å²) in [5.41, 5.74) is 1.11. The monoisotopic (exact) mass is 238 g/mol. The van der Waals surface area contributed by atoms with E-state index in [0.29, 0.717) is 12.3 Å². The van der Waals surface area contributed by atoms with Gasteiger partial charge in [0.1, 0.15) is 0 Å². The Kier molecular flexibility index (Phi) is 6.45. The molecule has 0 saturated heterocycles. The van der Waals surface area contributed by atoms with Crippen LogP contribution in [0.4, 0.5) is 0 Å². The molecule has 0 atom stereocenters. The first-order chi connectivity index (χ1) is 6.40. The molecule has 2 nitrogen and oxygen atoms in total. The van der Waals surface area contributed by atoms with Crippen LogP contribution in [-0.2, 0) is 9.84 Å². The molecule has 0 aromatic heterocycles. The second-order valence-electron chi connectivity index (χ2n) is 3.69. The fraction of sp³-hybridized carbons (Fsp3) is 0.800. The van der Waals surface area contributed by atoms with E-state index < -0.39 is 9.84 Å². The molecule has 0 aromatic carbocycles. The number of halogens is 1. The van der Waals surface area contributed by atoms with Gasteiger partial charge in [-0.05, 0) is 33.6 Å². The van der Waals surface area contributed by atoms with Crippen LogP contribution in [0, 0.1) is 0 Å². The Balaban J connectivity index is 4.07. The average molecular weight is 239 g/mol. The first-order valence-electron chi connectivity index (χ1n) is 4.83. The minimum Gasteiger partial charge on any atom is -0.229 e. The second-order valence-corrected chi connectivity index (χ2v) is 6.75. The molecule has 0 aromatic rings. The van der Waals surface area contributed by atoms with Crippen molar-refractivity contribution in [3.8, 4) is 0 Å². The van der Waals surface area contributed by atoms with Crippen molar-refractivity contribution in [1.82, 2.24) is 0 Å². The zero-order chi connectivity index (χ0) is 11.2. The Hall–Kier alpha value is -0.0200. The Morgan fingerprint density at radius 2 is 2.00 bits per heavy atom. The predicted octanol–water partition coefficient (Wildman–Crippen LogP) is 2.77. The molecule has 84 valence electrons. The third-order valence-electron chi connectivity index (χ3n) is 2.10. The summed E-state index contributed by atoms with van der Waals surface area (Å²) in [4.78, 5) is 0. The smallest absolute Gasteiger partial charge is 0.152 e. The number of sulfone groups is 1. The molecule has 0 fully saturated rings. The third kappa shape index (κ3) is 5.66. The average Bonchev–Trinajstić information content (AvgIpc) is 2.11. The molecule has 0 amide bonds. The summed E-state index contributed by atoms with van der Waals surface area (Å²) in [5.74, 6) is 0.837. The van der Waals surface area contributed by atoms with Gasteiger partial charge in [-0.2, -0.15) is 0 Å². The summed E-state index contributed by atoms with van der Waals surface area (Å²) >= 11 is 5.52. The lowest BCUT2D eigenvalue weighted by molar-refractivity contribution is 0.586. The van der Waals surface area contributed by atoms with Gasteiger partial charge in [-0.1, -0.05) is 11.6 Å². The van der Waals surface area contributed by atoms with Crippen LogP contribution >= 0.6 is 11.6 Å². The van der Waals surface area contributed by atoms with Crippen LogP contribution < -0.4 is 0 Å². The Morgan fingerprint density at radius 1 is 1.43 bits per heavy atom. The van der Waals surface area contributed by atoms with Gasteiger partial charge in [0.2, 0.25) is 0 Å². The minimum absolute atomic E-state index is 0.245. The molecule has 14 heavy (non-hydrogen) atoms. The van der Waals surface area contributed by atoms with Crippen LogP contribution in [0.1, 0.15) is 33.6 Å². The summed E-state index contributed by atoms with van der Waals surface area (Å²) < 4.78 is 22.9. The van der Waals surface area contributed by atoms with Crippen LogP contribution in [0.15, 0.2) is 11.6 Å². The van der Waals surface area contributed by atoms with Gasteiger partial charge in [0.05, 0.1) is 11.0 Å². The van der Waals surface area contributed by atoms with E-state index in [0.717, 1.165) is 12.0 Å². The van der Waals surface area contributed by atoms with Gasteiger partial charge in [0, 0.05) is 5.88 Å². The molecule has 0 spiro atoms. The topological polar surface area (TPSA) is 34.1 Å². The summed E-state index contributed by atoms with van der Waals surface area (Å²) in [7, 11) is -2.89. The molecule has 0 aliphatic carbocycles. The summed E-state index contributed by atoms with van der Waals surface area (Å²) in [5, 5.41) is -0.275. The zero-order valence-corrected chi connectivity index (χ0v) is 10.7. The summed E-state index contributed by atoms with van der Waals surface area (Å²) in [6.07, 6.45) is 3.44. The van der Waals surface area contributed by atoms with Crippen LogP contribution in [0.3, 0.4) is 0 Å². The fourth-order valence-corrected chi connectivity index (χ4v) is 2.13. The maximum absolute atomic E-state index is 11.5. The molecular weight excluding hydrogens is 220 g/mol. The first kappa shape index (κ1) is 14.0. The van der Waals surface area contributed by atoms with Gasteiger partial charge in [0.15, 0.2) is 9.84 Å². The lowest BCUT2D eigenvalue weighted by atomic mass is 10.2. The van der Waals surface area contributed by atoms with Crippen molar-refractivity contribution >= 4 is 21.4 Å². The van der Waals surface area contributed by atoms with Crippen molar-refractivity contribution in [3.05, 3.63) is 11.6 Å². The van der Waals surface area contributed by atoms with E-state index in [4.69, 9.17) is 11.6 Å². The second kappa shape index (κ2) is 6.46. The maximum Gasteiger partial charge on any atom is 0.152 e. The molecular formula is C10H19ClO2S. The lowest BCUT2D eigenvalue weighted by Crippen LogP contribution is -2.17. The van der Waals surface area contributed by atoms with Crippen molar-refractivity contribution in [3.63, 3.8) is 0 Å².